The summed E-state index contributed by atoms with van der Waals surface area (Å²) in [5.74, 6) is -3.21. The Morgan fingerprint density at radius 3 is 0.529 bits per heavy atom. The summed E-state index contributed by atoms with van der Waals surface area (Å²) in [5.41, 5.74) is 0. The summed E-state index contributed by atoms with van der Waals surface area (Å²) in [5, 5.41) is 86.6. The van der Waals surface area contributed by atoms with Crippen molar-refractivity contribution in [2.45, 2.75) is 488 Å². The molecule has 0 spiro atoms. The number of aliphatic hydroxyl groups excluding tert-OH is 6. The number of nitrogens with zero attached hydrogens (tertiary/aromatic N) is 2. The van der Waals surface area contributed by atoms with Crippen LogP contribution in [0.2, 0.25) is 0 Å². The Labute approximate surface area is 647 Å². The first-order valence-electron chi connectivity index (χ1n) is 44.5. The topological polar surface area (TPSA) is 261 Å². The summed E-state index contributed by atoms with van der Waals surface area (Å²) in [4.78, 5) is 60.8. The quantitative estimate of drug-likeness (QED) is 0.0154. The van der Waals surface area contributed by atoms with Crippen molar-refractivity contribution in [3.63, 3.8) is 0 Å². The van der Waals surface area contributed by atoms with Crippen LogP contribution in [-0.2, 0) is 19.2 Å². The zero-order valence-electron chi connectivity index (χ0n) is 68.0. The van der Waals surface area contributed by atoms with Gasteiger partial charge in [0.05, 0.1) is 0 Å². The second-order valence-electron chi connectivity index (χ2n) is 31.3. The molecule has 0 fully saturated rings. The van der Waals surface area contributed by atoms with Gasteiger partial charge in [-0.05, 0) is 25.7 Å². The summed E-state index contributed by atoms with van der Waals surface area (Å²) in [6.07, 6.45) is 64.1. The minimum absolute atomic E-state index is 0.0663. The monoisotopic (exact) mass is 1520 g/mol. The summed E-state index contributed by atoms with van der Waals surface area (Å²) in [7, 11) is 2.31. The van der Waals surface area contributed by atoms with Gasteiger partial charge in [-0.3, -0.25) is 19.2 Å². The molecule has 0 aromatic carbocycles. The molecule has 4 unspecified atom stereocenters. The van der Waals surface area contributed by atoms with E-state index in [2.05, 4.69) is 38.3 Å². The maximum Gasteiger partial charge on any atom is 0.252 e. The van der Waals surface area contributed by atoms with Crippen molar-refractivity contribution in [2.24, 2.45) is 0 Å². The van der Waals surface area contributed by atoms with Gasteiger partial charge in [-0.15, -0.1) is 0 Å². The lowest BCUT2D eigenvalue weighted by Crippen LogP contribution is -2.56. The average Bonchev–Trinajstić information content (AvgIpc) is 0.873. The summed E-state index contributed by atoms with van der Waals surface area (Å²) >= 11 is 0. The fourth-order valence-corrected chi connectivity index (χ4v) is 16.6. The largest absolute Gasteiger partial charge is 0.385 e. The van der Waals surface area contributed by atoms with Gasteiger partial charge in [-0.1, -0.05) is 435 Å². The molecule has 618 valence electrons. The van der Waals surface area contributed by atoms with Crippen molar-refractivity contribution in [2.75, 3.05) is 37.7 Å². The molecular weight excluding hydrogens is 1350 g/mol. The van der Waals surface area contributed by atoms with E-state index >= 15 is 0 Å². The normalized spacial score (nSPS) is 13.6. The number of hydrogen-bond donors (Lipinski definition) is 10. The van der Waals surface area contributed by atoms with Crippen molar-refractivity contribution < 1.29 is 60.0 Å². The summed E-state index contributed by atoms with van der Waals surface area (Å²) in [6.45, 7) is 10.9. The Kier molecular flexibility index (Phi) is 76.7. The minimum atomic E-state index is -2.42. The molecule has 0 bridgehead atoms. The molecule has 0 aromatic rings. The van der Waals surface area contributed by atoms with Crippen LogP contribution in [0.3, 0.4) is 0 Å². The zero-order valence-corrected chi connectivity index (χ0v) is 69.7. The third kappa shape index (κ3) is 63.0. The molecule has 18 heteroatoms. The Bertz CT molecular complexity index is 1660. The third-order valence-corrected chi connectivity index (χ3v) is 23.7. The highest BCUT2D eigenvalue weighted by Gasteiger charge is 2.36. The van der Waals surface area contributed by atoms with Crippen molar-refractivity contribution in [3.05, 3.63) is 0 Å². The van der Waals surface area contributed by atoms with Crippen molar-refractivity contribution >= 4 is 45.2 Å². The van der Waals surface area contributed by atoms with E-state index in [-0.39, 0.29) is 23.3 Å². The van der Waals surface area contributed by atoms with Gasteiger partial charge in [0.1, 0.15) is 24.3 Å². The molecule has 0 heterocycles. The molecule has 0 aliphatic carbocycles. The number of rotatable bonds is 83. The van der Waals surface area contributed by atoms with Crippen LogP contribution in [0.4, 0.5) is 0 Å². The van der Waals surface area contributed by atoms with Crippen LogP contribution in [-0.4, -0.2) is 161 Å². The van der Waals surface area contributed by atoms with E-state index in [0.29, 0.717) is 26.2 Å². The Balaban J connectivity index is 6.40. The molecule has 16 nitrogen and oxygen atoms in total. The molecule has 0 saturated heterocycles. The van der Waals surface area contributed by atoms with Crippen LogP contribution in [0.1, 0.15) is 439 Å². The predicted octanol–water partition coefficient (Wildman–Crippen LogP) is 20.1. The second kappa shape index (κ2) is 78.0. The first-order chi connectivity index (χ1) is 50.7. The number of aliphatic hydroxyl groups is 8. The molecule has 4 amide bonds. The summed E-state index contributed by atoms with van der Waals surface area (Å²) in [6, 6.07) is -2.49. The Hall–Kier alpha value is -1.74. The van der Waals surface area contributed by atoms with Crippen LogP contribution >= 0.6 is 21.6 Å². The van der Waals surface area contributed by atoms with Crippen LogP contribution in [0.5, 0.6) is 0 Å². The van der Waals surface area contributed by atoms with Crippen molar-refractivity contribution in [3.8, 4) is 0 Å². The maximum absolute atomic E-state index is 15.0. The minimum Gasteiger partial charge on any atom is -0.385 e. The molecule has 104 heavy (non-hydrogen) atoms. The first kappa shape index (κ1) is 102. The molecule has 0 aromatic heterocycles. The lowest BCUT2D eigenvalue weighted by molar-refractivity contribution is -0.170. The highest BCUT2D eigenvalue weighted by atomic mass is 33.1. The van der Waals surface area contributed by atoms with Crippen LogP contribution in [0.15, 0.2) is 0 Å². The SMILES string of the molecule is CCCCCCCCCCCCCCCCCCN(CCCCCCCCCCCCCCCCCC)C(=O)[C@H](CSSC[C@H](NC(=O)C(O)C(O)C(O)O)C(=O)N(CCCCCCCCCCCCCCCCCC)CCCCCCCCCCCCCCCCCC)NC(=O)C(O)C(O)C(O)O. The van der Waals surface area contributed by atoms with Gasteiger partial charge in [0.15, 0.2) is 24.8 Å². The lowest BCUT2D eigenvalue weighted by atomic mass is 10.0. The summed E-state index contributed by atoms with van der Waals surface area (Å²) < 4.78 is 0. The smallest absolute Gasteiger partial charge is 0.252 e. The number of nitrogens with one attached hydrogen (secondary N) is 2. The van der Waals surface area contributed by atoms with Crippen molar-refractivity contribution in [1.82, 2.24) is 20.4 Å². The molecule has 6 atom stereocenters. The molecule has 0 aliphatic rings. The van der Waals surface area contributed by atoms with E-state index in [1.54, 1.807) is 9.80 Å². The van der Waals surface area contributed by atoms with E-state index in [1.165, 1.54) is 308 Å². The van der Waals surface area contributed by atoms with Gasteiger partial charge >= 0.3 is 0 Å². The standard InChI is InChI=1S/C86H170N4O12S2/c1-5-9-13-17-21-25-29-33-37-41-45-49-53-57-61-65-69-89(70-66-62-58-54-50-46-42-38-34-30-26-22-18-14-10-6-2)83(97)75(87-81(95)77(91)79(93)85(99)100)73-103-104-74-76(88-82(96)78(92)80(94)86(101)102)84(98)90(71-67-63-59-55-51-47-43-39-35-31-27-23-19-15-11-7-3)72-68-64-60-56-52-48-44-40-36-32-28-24-20-16-12-8-4/h75-80,85-86,91-94,99-102H,5-74H2,1-4H3,(H,87,95)(H,88,96)/t75-,76-,77?,78?,79?,80?/m0/s1. The van der Waals surface area contributed by atoms with E-state index in [0.717, 1.165) is 124 Å². The molecule has 0 saturated carbocycles. The van der Waals surface area contributed by atoms with E-state index in [9.17, 15) is 60.0 Å². The van der Waals surface area contributed by atoms with Gasteiger partial charge in [-0.25, -0.2) is 0 Å². The van der Waals surface area contributed by atoms with Gasteiger partial charge in [0.25, 0.3) is 11.8 Å². The number of carbonyl (C=O) groups is 4. The van der Waals surface area contributed by atoms with Crippen molar-refractivity contribution in [1.29, 1.82) is 0 Å². The molecule has 0 aliphatic heterocycles. The number of hydrogen-bond acceptors (Lipinski definition) is 14. The third-order valence-electron chi connectivity index (χ3n) is 21.3. The highest BCUT2D eigenvalue weighted by molar-refractivity contribution is 8.76. The fraction of sp³-hybridized carbons (Fsp3) is 0.953. The maximum atomic E-state index is 15.0. The Morgan fingerprint density at radius 2 is 0.385 bits per heavy atom. The van der Waals surface area contributed by atoms with Crippen LogP contribution < -0.4 is 10.6 Å². The predicted molar refractivity (Wildman–Crippen MR) is 441 cm³/mol. The van der Waals surface area contributed by atoms with Gasteiger partial charge in [0, 0.05) is 37.7 Å². The fourth-order valence-electron chi connectivity index (χ4n) is 14.2. The second-order valence-corrected chi connectivity index (χ2v) is 33.8. The number of amides is 4. The van der Waals surface area contributed by atoms with E-state index < -0.39 is 60.9 Å². The lowest BCUT2D eigenvalue weighted by Gasteiger charge is -2.30. The highest BCUT2D eigenvalue weighted by Crippen LogP contribution is 2.27. The molecular formula is C86H170N4O12S2. The first-order valence-corrected chi connectivity index (χ1v) is 47.0. The molecule has 0 radical (unpaired) electrons. The van der Waals surface area contributed by atoms with Gasteiger partial charge in [0.2, 0.25) is 11.8 Å². The zero-order chi connectivity index (χ0) is 76.4. The van der Waals surface area contributed by atoms with Gasteiger partial charge < -0.3 is 61.3 Å². The Morgan fingerprint density at radius 1 is 0.240 bits per heavy atom. The van der Waals surface area contributed by atoms with Gasteiger partial charge in [-0.2, -0.15) is 0 Å². The molecule has 0 rings (SSSR count). The number of unbranched alkanes of at least 4 members (excludes halogenated alkanes) is 60. The van der Waals surface area contributed by atoms with Crippen LogP contribution in [0.25, 0.3) is 0 Å². The van der Waals surface area contributed by atoms with E-state index in [4.69, 9.17) is 0 Å². The van der Waals surface area contributed by atoms with Crippen LogP contribution in [0, 0.1) is 0 Å². The molecule has 10 N–H and O–H groups in total. The number of carbonyl (C=O) groups excluding carboxylic acids is 4. The van der Waals surface area contributed by atoms with E-state index in [1.807, 2.05) is 0 Å². The average molecular weight is 1520 g/mol.